The van der Waals surface area contributed by atoms with Crippen molar-refractivity contribution >= 4 is 34.8 Å². The summed E-state index contributed by atoms with van der Waals surface area (Å²) >= 11 is 5.15. The number of hydrogen-bond donors (Lipinski definition) is 4. The predicted octanol–water partition coefficient (Wildman–Crippen LogP) is 1.78. The van der Waals surface area contributed by atoms with E-state index in [1.165, 1.54) is 0 Å². The van der Waals surface area contributed by atoms with Crippen LogP contribution in [0.1, 0.15) is 25.8 Å². The van der Waals surface area contributed by atoms with Gasteiger partial charge in [-0.25, -0.2) is 10.2 Å². The van der Waals surface area contributed by atoms with Gasteiger partial charge in [0.25, 0.3) is 0 Å². The highest BCUT2D eigenvalue weighted by Crippen LogP contribution is 2.10. The number of hydrazone groups is 1. The first-order valence-electron chi connectivity index (χ1n) is 6.28. The number of nitrogens with one attached hydrogen (secondary N) is 3. The number of carbonyl (C=O) groups is 1. The molecule has 0 aliphatic carbocycles. The van der Waals surface area contributed by atoms with Gasteiger partial charge < -0.3 is 16.4 Å². The molecule has 2 amide bonds. The number of anilines is 1. The molecule has 0 saturated heterocycles. The molecule has 0 aromatic heterocycles. The number of urea groups is 1. The average Bonchev–Trinajstić information content (AvgIpc) is 2.43. The van der Waals surface area contributed by atoms with Crippen LogP contribution in [0.5, 0.6) is 0 Å². The standard InChI is InChI=1S/C13H19N5OS/c1-3-8-15-13(20)16-11-6-4-10(5-7-11)9(2)17-18-12(14)19/h4-7H,3,8H2,1-2H3,(H3,14,18,19)(H2,15,16,20)/b17-9-. The fraction of sp³-hybridized carbons (Fsp3) is 0.308. The van der Waals surface area contributed by atoms with Crippen molar-refractivity contribution in [1.82, 2.24) is 10.7 Å². The first kappa shape index (κ1) is 15.9. The Bertz CT molecular complexity index is 498. The normalized spacial score (nSPS) is 10.8. The van der Waals surface area contributed by atoms with E-state index >= 15 is 0 Å². The molecule has 1 aromatic carbocycles. The second kappa shape index (κ2) is 8.11. The third-order valence-electron chi connectivity index (χ3n) is 2.43. The summed E-state index contributed by atoms with van der Waals surface area (Å²) in [5.41, 5.74) is 9.58. The van der Waals surface area contributed by atoms with E-state index in [0.29, 0.717) is 10.8 Å². The van der Waals surface area contributed by atoms with Gasteiger partial charge in [-0.05, 0) is 43.3 Å². The number of hydrogen-bond acceptors (Lipinski definition) is 3. The first-order chi connectivity index (χ1) is 9.52. The lowest BCUT2D eigenvalue weighted by Gasteiger charge is -2.10. The number of benzene rings is 1. The van der Waals surface area contributed by atoms with E-state index in [0.717, 1.165) is 24.2 Å². The van der Waals surface area contributed by atoms with Gasteiger partial charge in [0.1, 0.15) is 0 Å². The Hall–Kier alpha value is -2.15. The van der Waals surface area contributed by atoms with Crippen LogP contribution in [0.3, 0.4) is 0 Å². The molecular formula is C13H19N5OS. The fourth-order valence-electron chi connectivity index (χ4n) is 1.41. The minimum absolute atomic E-state index is 0.598. The SMILES string of the molecule is CCCNC(=S)Nc1ccc(/C(C)=N\NC(N)=O)cc1. The van der Waals surface area contributed by atoms with Crippen molar-refractivity contribution in [3.05, 3.63) is 29.8 Å². The molecule has 0 spiro atoms. The van der Waals surface area contributed by atoms with Crippen LogP contribution in [0, 0.1) is 0 Å². The molecule has 0 saturated carbocycles. The van der Waals surface area contributed by atoms with Gasteiger partial charge in [0.2, 0.25) is 0 Å². The molecule has 5 N–H and O–H groups in total. The van der Waals surface area contributed by atoms with E-state index in [-0.39, 0.29) is 0 Å². The maximum absolute atomic E-state index is 10.6. The van der Waals surface area contributed by atoms with E-state index in [1.54, 1.807) is 6.92 Å². The third kappa shape index (κ3) is 5.66. The number of nitrogens with zero attached hydrogens (tertiary/aromatic N) is 1. The van der Waals surface area contributed by atoms with E-state index in [2.05, 4.69) is 28.1 Å². The lowest BCUT2D eigenvalue weighted by atomic mass is 10.1. The van der Waals surface area contributed by atoms with Gasteiger partial charge in [0, 0.05) is 12.2 Å². The minimum Gasteiger partial charge on any atom is -0.362 e. The van der Waals surface area contributed by atoms with E-state index in [1.807, 2.05) is 24.3 Å². The van der Waals surface area contributed by atoms with Gasteiger partial charge in [0.05, 0.1) is 5.71 Å². The highest BCUT2D eigenvalue weighted by molar-refractivity contribution is 7.80. The minimum atomic E-state index is -0.685. The Labute approximate surface area is 123 Å². The zero-order valence-corrected chi connectivity index (χ0v) is 12.4. The third-order valence-corrected chi connectivity index (χ3v) is 2.68. The van der Waals surface area contributed by atoms with Gasteiger partial charge in [-0.1, -0.05) is 19.1 Å². The molecule has 20 heavy (non-hydrogen) atoms. The average molecular weight is 293 g/mol. The molecule has 0 heterocycles. The number of carbonyl (C=O) groups excluding carboxylic acids is 1. The maximum Gasteiger partial charge on any atom is 0.332 e. The summed E-state index contributed by atoms with van der Waals surface area (Å²) in [5.74, 6) is 0. The molecule has 0 radical (unpaired) electrons. The van der Waals surface area contributed by atoms with Crippen LogP contribution in [-0.2, 0) is 0 Å². The maximum atomic E-state index is 10.6. The number of nitrogens with two attached hydrogens (primary N) is 1. The topological polar surface area (TPSA) is 91.5 Å². The van der Waals surface area contributed by atoms with E-state index in [9.17, 15) is 4.79 Å². The molecule has 108 valence electrons. The quantitative estimate of drug-likeness (QED) is 0.378. The van der Waals surface area contributed by atoms with Crippen LogP contribution in [-0.4, -0.2) is 23.4 Å². The van der Waals surface area contributed by atoms with Crippen LogP contribution < -0.4 is 21.8 Å². The van der Waals surface area contributed by atoms with Crippen LogP contribution in [0.4, 0.5) is 10.5 Å². The van der Waals surface area contributed by atoms with Crippen LogP contribution in [0.2, 0.25) is 0 Å². The largest absolute Gasteiger partial charge is 0.362 e. The predicted molar refractivity (Wildman–Crippen MR) is 85.9 cm³/mol. The number of thiocarbonyl (C=S) groups is 1. The van der Waals surface area contributed by atoms with Crippen LogP contribution >= 0.6 is 12.2 Å². The van der Waals surface area contributed by atoms with Gasteiger partial charge in [-0.2, -0.15) is 5.10 Å². The van der Waals surface area contributed by atoms with Gasteiger partial charge >= 0.3 is 6.03 Å². The lowest BCUT2D eigenvalue weighted by molar-refractivity contribution is 0.249. The van der Waals surface area contributed by atoms with E-state index < -0.39 is 6.03 Å². The summed E-state index contributed by atoms with van der Waals surface area (Å²) < 4.78 is 0. The summed E-state index contributed by atoms with van der Waals surface area (Å²) in [7, 11) is 0. The van der Waals surface area contributed by atoms with Gasteiger partial charge in [-0.3, -0.25) is 0 Å². The summed E-state index contributed by atoms with van der Waals surface area (Å²) in [6.45, 7) is 4.70. The van der Waals surface area contributed by atoms with Crippen molar-refractivity contribution in [2.75, 3.05) is 11.9 Å². The van der Waals surface area contributed by atoms with Crippen molar-refractivity contribution in [3.8, 4) is 0 Å². The van der Waals surface area contributed by atoms with Crippen molar-refractivity contribution in [2.45, 2.75) is 20.3 Å². The van der Waals surface area contributed by atoms with Crippen LogP contribution in [0.25, 0.3) is 0 Å². The van der Waals surface area contributed by atoms with Crippen molar-refractivity contribution in [3.63, 3.8) is 0 Å². The van der Waals surface area contributed by atoms with Gasteiger partial charge in [-0.15, -0.1) is 0 Å². The summed E-state index contributed by atoms with van der Waals surface area (Å²) in [5, 5.41) is 10.6. The second-order valence-corrected chi connectivity index (χ2v) is 4.54. The summed E-state index contributed by atoms with van der Waals surface area (Å²) in [6, 6.07) is 6.85. The zero-order valence-electron chi connectivity index (χ0n) is 11.6. The highest BCUT2D eigenvalue weighted by Gasteiger charge is 2.00. The Balaban J connectivity index is 2.62. The molecule has 7 heteroatoms. The molecule has 0 unspecified atom stereocenters. The van der Waals surface area contributed by atoms with E-state index in [4.69, 9.17) is 18.0 Å². The molecule has 1 rings (SSSR count). The highest BCUT2D eigenvalue weighted by atomic mass is 32.1. The van der Waals surface area contributed by atoms with Crippen molar-refractivity contribution < 1.29 is 4.79 Å². The Kier molecular flexibility index (Phi) is 6.45. The second-order valence-electron chi connectivity index (χ2n) is 4.13. The van der Waals surface area contributed by atoms with Crippen molar-refractivity contribution in [2.24, 2.45) is 10.8 Å². The molecule has 0 aliphatic heterocycles. The zero-order chi connectivity index (χ0) is 15.0. The number of primary amides is 1. The fourth-order valence-corrected chi connectivity index (χ4v) is 1.63. The molecule has 0 fully saturated rings. The Morgan fingerprint density at radius 2 is 2.00 bits per heavy atom. The molecule has 0 atom stereocenters. The first-order valence-corrected chi connectivity index (χ1v) is 6.68. The molecule has 0 bridgehead atoms. The molecule has 1 aromatic rings. The Morgan fingerprint density at radius 1 is 1.35 bits per heavy atom. The summed E-state index contributed by atoms with van der Waals surface area (Å²) in [4.78, 5) is 10.6. The van der Waals surface area contributed by atoms with Crippen LogP contribution in [0.15, 0.2) is 29.4 Å². The molecular weight excluding hydrogens is 274 g/mol. The number of rotatable bonds is 5. The smallest absolute Gasteiger partial charge is 0.332 e. The summed E-state index contributed by atoms with van der Waals surface area (Å²) in [6.07, 6.45) is 1.02. The monoisotopic (exact) mass is 293 g/mol. The van der Waals surface area contributed by atoms with Gasteiger partial charge in [0.15, 0.2) is 5.11 Å². The molecule has 6 nitrogen and oxygen atoms in total. The Morgan fingerprint density at radius 3 is 2.55 bits per heavy atom. The van der Waals surface area contributed by atoms with Crippen molar-refractivity contribution in [1.29, 1.82) is 0 Å². The molecule has 0 aliphatic rings. The lowest BCUT2D eigenvalue weighted by Crippen LogP contribution is -2.28. The number of amides is 2.